The maximum atomic E-state index is 2.29. The van der Waals surface area contributed by atoms with Crippen LogP contribution in [0.25, 0.3) is 10.9 Å². The fourth-order valence-corrected chi connectivity index (χ4v) is 2.27. The molecule has 0 N–H and O–H groups in total. The van der Waals surface area contributed by atoms with Crippen molar-refractivity contribution < 1.29 is 4.48 Å². The Morgan fingerprint density at radius 3 is 2.38 bits per heavy atom. The highest BCUT2D eigenvalue weighted by molar-refractivity contribution is 5.85. The van der Waals surface area contributed by atoms with Crippen molar-refractivity contribution >= 4 is 10.9 Å². The summed E-state index contributed by atoms with van der Waals surface area (Å²) in [4.78, 5) is 0. The number of aromatic nitrogens is 1. The minimum absolute atomic E-state index is 0.967. The molecular weight excluding hydrogens is 196 g/mol. The van der Waals surface area contributed by atoms with Crippen molar-refractivity contribution in [3.63, 3.8) is 0 Å². The minimum atomic E-state index is 0.967. The van der Waals surface area contributed by atoms with Crippen LogP contribution in [0.4, 0.5) is 0 Å². The molecule has 86 valence electrons. The van der Waals surface area contributed by atoms with Crippen molar-refractivity contribution in [3.05, 3.63) is 35.5 Å². The van der Waals surface area contributed by atoms with Crippen LogP contribution in [0.5, 0.6) is 0 Å². The van der Waals surface area contributed by atoms with E-state index >= 15 is 0 Å². The zero-order valence-corrected chi connectivity index (χ0v) is 10.9. The highest BCUT2D eigenvalue weighted by atomic mass is 15.3. The first-order valence-corrected chi connectivity index (χ1v) is 5.73. The van der Waals surface area contributed by atoms with Gasteiger partial charge in [0.15, 0.2) is 0 Å². The molecule has 0 unspecified atom stereocenters. The first kappa shape index (κ1) is 11.2. The second-order valence-corrected chi connectivity index (χ2v) is 5.59. The molecule has 0 atom stereocenters. The molecule has 2 nitrogen and oxygen atoms in total. The SMILES string of the molecule is Cc1c(C[N+](C)(C)C)c2ccccc2n1C. The number of hydrogen-bond donors (Lipinski definition) is 0. The summed E-state index contributed by atoms with van der Waals surface area (Å²) in [5.74, 6) is 0. The van der Waals surface area contributed by atoms with Crippen LogP contribution >= 0.6 is 0 Å². The van der Waals surface area contributed by atoms with E-state index < -0.39 is 0 Å². The first-order valence-electron chi connectivity index (χ1n) is 5.73. The van der Waals surface area contributed by atoms with E-state index in [4.69, 9.17) is 0 Å². The van der Waals surface area contributed by atoms with Crippen LogP contribution in [-0.2, 0) is 13.6 Å². The highest BCUT2D eigenvalue weighted by Gasteiger charge is 2.17. The number of para-hydroxylation sites is 1. The number of nitrogens with zero attached hydrogens (tertiary/aromatic N) is 2. The smallest absolute Gasteiger partial charge is 0.106 e. The van der Waals surface area contributed by atoms with Gasteiger partial charge in [-0.1, -0.05) is 18.2 Å². The molecule has 1 aromatic carbocycles. The third-order valence-electron chi connectivity index (χ3n) is 3.16. The molecule has 0 amide bonds. The minimum Gasteiger partial charge on any atom is -0.347 e. The zero-order valence-electron chi connectivity index (χ0n) is 10.9. The molecule has 0 aliphatic rings. The Hall–Kier alpha value is -1.28. The van der Waals surface area contributed by atoms with E-state index in [1.54, 1.807) is 0 Å². The third-order valence-corrected chi connectivity index (χ3v) is 3.16. The highest BCUT2D eigenvalue weighted by Crippen LogP contribution is 2.26. The fourth-order valence-electron chi connectivity index (χ4n) is 2.27. The molecule has 1 aromatic heterocycles. The van der Waals surface area contributed by atoms with Gasteiger partial charge in [0.05, 0.1) is 21.1 Å². The number of quaternary nitrogens is 1. The Balaban J connectivity index is 2.64. The second-order valence-electron chi connectivity index (χ2n) is 5.59. The molecule has 0 spiro atoms. The molecule has 0 saturated carbocycles. The lowest BCUT2D eigenvalue weighted by molar-refractivity contribution is -0.883. The van der Waals surface area contributed by atoms with Gasteiger partial charge in [0, 0.05) is 29.2 Å². The first-order chi connectivity index (χ1) is 7.40. The Kier molecular flexibility index (Phi) is 2.55. The normalized spacial score (nSPS) is 12.3. The number of rotatable bonds is 2. The van der Waals surface area contributed by atoms with Gasteiger partial charge in [-0.15, -0.1) is 0 Å². The summed E-state index contributed by atoms with van der Waals surface area (Å²) in [7, 11) is 8.86. The van der Waals surface area contributed by atoms with Crippen LogP contribution in [0.15, 0.2) is 24.3 Å². The predicted octanol–water partition coefficient (Wildman–Crippen LogP) is 2.69. The molecule has 0 saturated heterocycles. The van der Waals surface area contributed by atoms with Gasteiger partial charge in [-0.25, -0.2) is 0 Å². The van der Waals surface area contributed by atoms with E-state index in [2.05, 4.69) is 63.9 Å². The Labute approximate surface area is 97.7 Å². The quantitative estimate of drug-likeness (QED) is 0.682. The second kappa shape index (κ2) is 3.63. The van der Waals surface area contributed by atoms with Gasteiger partial charge in [0.2, 0.25) is 0 Å². The lowest BCUT2D eigenvalue weighted by Gasteiger charge is -2.24. The number of fused-ring (bicyclic) bond motifs is 1. The summed E-state index contributed by atoms with van der Waals surface area (Å²) in [5.41, 5.74) is 4.20. The summed E-state index contributed by atoms with van der Waals surface area (Å²) in [6.07, 6.45) is 0. The van der Waals surface area contributed by atoms with Crippen molar-refractivity contribution in [1.82, 2.24) is 4.57 Å². The maximum absolute atomic E-state index is 2.29. The molecule has 1 heterocycles. The summed E-state index contributed by atoms with van der Waals surface area (Å²) in [6, 6.07) is 8.66. The molecule has 16 heavy (non-hydrogen) atoms. The standard InChI is InChI=1S/C14H21N2/c1-11-13(10-16(3,4)5)12-8-6-7-9-14(12)15(11)2/h6-9H,10H2,1-5H3/q+1. The van der Waals surface area contributed by atoms with E-state index in [-0.39, 0.29) is 0 Å². The van der Waals surface area contributed by atoms with Crippen LogP contribution in [0.3, 0.4) is 0 Å². The van der Waals surface area contributed by atoms with Gasteiger partial charge in [-0.3, -0.25) is 0 Å². The van der Waals surface area contributed by atoms with E-state index in [0.717, 1.165) is 11.0 Å². The number of hydrogen-bond acceptors (Lipinski definition) is 0. The molecule has 2 aromatic rings. The summed E-state index contributed by atoms with van der Waals surface area (Å²) in [5, 5.41) is 1.40. The van der Waals surface area contributed by atoms with Crippen molar-refractivity contribution in [1.29, 1.82) is 0 Å². The topological polar surface area (TPSA) is 4.93 Å². The van der Waals surface area contributed by atoms with Gasteiger partial charge in [0.25, 0.3) is 0 Å². The Morgan fingerprint density at radius 1 is 1.12 bits per heavy atom. The Morgan fingerprint density at radius 2 is 1.75 bits per heavy atom. The lowest BCUT2D eigenvalue weighted by Crippen LogP contribution is -2.33. The van der Waals surface area contributed by atoms with Crippen molar-refractivity contribution in [2.75, 3.05) is 21.1 Å². The average molecular weight is 217 g/mol. The zero-order chi connectivity index (χ0) is 11.9. The molecule has 0 radical (unpaired) electrons. The van der Waals surface area contributed by atoms with Gasteiger partial charge in [0.1, 0.15) is 6.54 Å². The van der Waals surface area contributed by atoms with E-state index in [0.29, 0.717) is 0 Å². The summed E-state index contributed by atoms with van der Waals surface area (Å²) in [6.45, 7) is 3.29. The molecular formula is C14H21N2+. The van der Waals surface area contributed by atoms with Gasteiger partial charge < -0.3 is 9.05 Å². The molecule has 0 fully saturated rings. The third kappa shape index (κ3) is 1.85. The van der Waals surface area contributed by atoms with Crippen LogP contribution in [0.2, 0.25) is 0 Å². The fraction of sp³-hybridized carbons (Fsp3) is 0.429. The van der Waals surface area contributed by atoms with Gasteiger partial charge in [-0.2, -0.15) is 0 Å². The van der Waals surface area contributed by atoms with Crippen LogP contribution in [0.1, 0.15) is 11.3 Å². The van der Waals surface area contributed by atoms with E-state index in [1.807, 2.05) is 0 Å². The van der Waals surface area contributed by atoms with Crippen LogP contribution in [-0.4, -0.2) is 30.2 Å². The monoisotopic (exact) mass is 217 g/mol. The molecule has 0 aliphatic heterocycles. The van der Waals surface area contributed by atoms with Gasteiger partial charge >= 0.3 is 0 Å². The molecule has 0 bridgehead atoms. The summed E-state index contributed by atoms with van der Waals surface area (Å²) >= 11 is 0. The lowest BCUT2D eigenvalue weighted by atomic mass is 10.1. The number of aryl methyl sites for hydroxylation is 1. The average Bonchev–Trinajstić information content (AvgIpc) is 2.43. The molecule has 2 heteroatoms. The largest absolute Gasteiger partial charge is 0.347 e. The van der Waals surface area contributed by atoms with Crippen molar-refractivity contribution in [2.24, 2.45) is 7.05 Å². The molecule has 2 rings (SSSR count). The van der Waals surface area contributed by atoms with Crippen LogP contribution < -0.4 is 0 Å². The van der Waals surface area contributed by atoms with Crippen LogP contribution in [0, 0.1) is 6.92 Å². The van der Waals surface area contributed by atoms with E-state index in [9.17, 15) is 0 Å². The van der Waals surface area contributed by atoms with E-state index in [1.165, 1.54) is 22.2 Å². The Bertz CT molecular complexity index is 515. The summed E-state index contributed by atoms with van der Waals surface area (Å²) < 4.78 is 3.26. The number of benzene rings is 1. The maximum Gasteiger partial charge on any atom is 0.106 e. The van der Waals surface area contributed by atoms with Crippen molar-refractivity contribution in [3.8, 4) is 0 Å². The predicted molar refractivity (Wildman–Crippen MR) is 69.4 cm³/mol. The van der Waals surface area contributed by atoms with Gasteiger partial charge in [-0.05, 0) is 13.0 Å². The van der Waals surface area contributed by atoms with Crippen molar-refractivity contribution in [2.45, 2.75) is 13.5 Å². The molecule has 0 aliphatic carbocycles.